The van der Waals surface area contributed by atoms with Gasteiger partial charge in [0.25, 0.3) is 5.91 Å². The summed E-state index contributed by atoms with van der Waals surface area (Å²) in [4.78, 5) is 14.1. The lowest BCUT2D eigenvalue weighted by Gasteiger charge is -2.02. The summed E-state index contributed by atoms with van der Waals surface area (Å²) in [5.41, 5.74) is 1.31. The molecule has 0 saturated carbocycles. The molecule has 1 aromatic rings. The summed E-state index contributed by atoms with van der Waals surface area (Å²) >= 11 is 1.57. The molecule has 1 aliphatic rings. The summed E-state index contributed by atoms with van der Waals surface area (Å²) in [5, 5.41) is 7.65. The highest BCUT2D eigenvalue weighted by Crippen LogP contribution is 2.28. The highest BCUT2D eigenvalue weighted by molar-refractivity contribution is 7.89. The largest absolute Gasteiger partial charge is 0.351 e. The number of amides is 1. The van der Waals surface area contributed by atoms with Gasteiger partial charge in [0.05, 0.1) is 10.6 Å². The van der Waals surface area contributed by atoms with Crippen LogP contribution in [0.3, 0.4) is 0 Å². The first kappa shape index (κ1) is 15.5. The first-order chi connectivity index (χ1) is 9.46. The molecule has 0 aromatic carbocycles. The summed E-state index contributed by atoms with van der Waals surface area (Å²) in [6, 6.07) is 1.99. The van der Waals surface area contributed by atoms with Crippen LogP contribution in [0, 0.1) is 0 Å². The molecule has 0 atom stereocenters. The molecular weight excluding hydrogens is 296 g/mol. The SMILES string of the molecule is NS(=O)(=O)CCCNC(=O)c1cc2c(s1)CCCCC2. The molecule has 2 rings (SSSR count). The molecule has 5 nitrogen and oxygen atoms in total. The monoisotopic (exact) mass is 316 g/mol. The van der Waals surface area contributed by atoms with E-state index in [0.29, 0.717) is 13.0 Å². The van der Waals surface area contributed by atoms with E-state index in [9.17, 15) is 13.2 Å². The lowest BCUT2D eigenvalue weighted by Crippen LogP contribution is -2.26. The van der Waals surface area contributed by atoms with Gasteiger partial charge in [0.15, 0.2) is 0 Å². The standard InChI is InChI=1S/C13H20N2O3S2/c14-20(17,18)8-4-7-15-13(16)12-9-10-5-2-1-3-6-11(10)19-12/h9H,1-8H2,(H,15,16)(H2,14,17,18). The zero-order valence-electron chi connectivity index (χ0n) is 11.4. The first-order valence-electron chi connectivity index (χ1n) is 6.86. The van der Waals surface area contributed by atoms with Crippen molar-refractivity contribution >= 4 is 27.3 Å². The number of nitrogens with one attached hydrogen (secondary N) is 1. The zero-order valence-corrected chi connectivity index (χ0v) is 13.0. The summed E-state index contributed by atoms with van der Waals surface area (Å²) in [5.74, 6) is -0.216. The van der Waals surface area contributed by atoms with E-state index in [1.54, 1.807) is 11.3 Å². The van der Waals surface area contributed by atoms with Crippen molar-refractivity contribution in [3.05, 3.63) is 21.4 Å². The van der Waals surface area contributed by atoms with Gasteiger partial charge in [-0.1, -0.05) is 6.42 Å². The van der Waals surface area contributed by atoms with Crippen LogP contribution in [0.25, 0.3) is 0 Å². The van der Waals surface area contributed by atoms with Crippen LogP contribution in [0.2, 0.25) is 0 Å². The minimum Gasteiger partial charge on any atom is -0.351 e. The minimum absolute atomic E-state index is 0.103. The number of hydrogen-bond donors (Lipinski definition) is 2. The summed E-state index contributed by atoms with van der Waals surface area (Å²) in [6.07, 6.45) is 6.12. The Morgan fingerprint density at radius 2 is 2.05 bits per heavy atom. The zero-order chi connectivity index (χ0) is 14.6. The van der Waals surface area contributed by atoms with E-state index < -0.39 is 10.0 Å². The van der Waals surface area contributed by atoms with E-state index in [-0.39, 0.29) is 11.7 Å². The van der Waals surface area contributed by atoms with Crippen LogP contribution in [0.4, 0.5) is 0 Å². The molecule has 7 heteroatoms. The smallest absolute Gasteiger partial charge is 0.261 e. The number of carbonyl (C=O) groups is 1. The van der Waals surface area contributed by atoms with Gasteiger partial charge in [0.2, 0.25) is 10.0 Å². The van der Waals surface area contributed by atoms with E-state index in [1.807, 2.05) is 6.07 Å². The van der Waals surface area contributed by atoms with E-state index in [0.717, 1.165) is 17.7 Å². The molecular formula is C13H20N2O3S2. The maximum Gasteiger partial charge on any atom is 0.261 e. The van der Waals surface area contributed by atoms with Crippen molar-refractivity contribution in [3.8, 4) is 0 Å². The molecule has 0 radical (unpaired) electrons. The lowest BCUT2D eigenvalue weighted by atomic mass is 10.1. The van der Waals surface area contributed by atoms with Crippen molar-refractivity contribution in [2.45, 2.75) is 38.5 Å². The second-order valence-electron chi connectivity index (χ2n) is 5.10. The number of rotatable bonds is 5. The maximum absolute atomic E-state index is 12.0. The Kier molecular flexibility index (Phi) is 5.17. The third-order valence-corrected chi connectivity index (χ3v) is 5.46. The summed E-state index contributed by atoms with van der Waals surface area (Å²) < 4.78 is 21.6. The van der Waals surface area contributed by atoms with Crippen LogP contribution >= 0.6 is 11.3 Å². The van der Waals surface area contributed by atoms with Crippen LogP contribution in [0.15, 0.2) is 6.07 Å². The summed E-state index contributed by atoms with van der Waals surface area (Å²) in [7, 11) is -3.44. The van der Waals surface area contributed by atoms with Crippen molar-refractivity contribution in [1.29, 1.82) is 0 Å². The molecule has 0 spiro atoms. The summed E-state index contributed by atoms with van der Waals surface area (Å²) in [6.45, 7) is 0.331. The predicted molar refractivity (Wildman–Crippen MR) is 80.5 cm³/mol. The highest BCUT2D eigenvalue weighted by Gasteiger charge is 2.16. The number of fused-ring (bicyclic) bond motifs is 1. The molecule has 0 saturated heterocycles. The minimum atomic E-state index is -3.44. The average molecular weight is 316 g/mol. The van der Waals surface area contributed by atoms with Gasteiger partial charge in [-0.05, 0) is 43.7 Å². The Labute approximate surface area is 123 Å². The van der Waals surface area contributed by atoms with Crippen molar-refractivity contribution in [2.24, 2.45) is 5.14 Å². The molecule has 1 heterocycles. The Morgan fingerprint density at radius 1 is 1.30 bits per heavy atom. The molecule has 0 aliphatic heterocycles. The Bertz CT molecular complexity index is 555. The van der Waals surface area contributed by atoms with Crippen molar-refractivity contribution < 1.29 is 13.2 Å². The van der Waals surface area contributed by atoms with E-state index in [4.69, 9.17) is 5.14 Å². The van der Waals surface area contributed by atoms with Crippen LogP contribution in [-0.4, -0.2) is 26.6 Å². The van der Waals surface area contributed by atoms with Gasteiger partial charge in [0.1, 0.15) is 0 Å². The van der Waals surface area contributed by atoms with Gasteiger partial charge in [-0.2, -0.15) is 0 Å². The fourth-order valence-electron chi connectivity index (χ4n) is 2.34. The Morgan fingerprint density at radius 3 is 2.80 bits per heavy atom. The molecule has 1 aliphatic carbocycles. The third kappa shape index (κ3) is 4.57. The molecule has 0 bridgehead atoms. The third-order valence-electron chi connectivity index (χ3n) is 3.36. The number of aryl methyl sites for hydroxylation is 2. The maximum atomic E-state index is 12.0. The number of thiophene rings is 1. The molecule has 20 heavy (non-hydrogen) atoms. The second kappa shape index (κ2) is 6.69. The number of primary sulfonamides is 1. The second-order valence-corrected chi connectivity index (χ2v) is 7.97. The molecule has 3 N–H and O–H groups in total. The van der Waals surface area contributed by atoms with Crippen molar-refractivity contribution in [2.75, 3.05) is 12.3 Å². The lowest BCUT2D eigenvalue weighted by molar-refractivity contribution is 0.0957. The van der Waals surface area contributed by atoms with Gasteiger partial charge < -0.3 is 5.32 Å². The molecule has 112 valence electrons. The van der Waals surface area contributed by atoms with Gasteiger partial charge >= 0.3 is 0 Å². The van der Waals surface area contributed by atoms with Crippen molar-refractivity contribution in [3.63, 3.8) is 0 Å². The average Bonchev–Trinajstić information content (AvgIpc) is 2.65. The Hall–Kier alpha value is -0.920. The molecule has 0 fully saturated rings. The normalized spacial score (nSPS) is 15.4. The van der Waals surface area contributed by atoms with Crippen molar-refractivity contribution in [1.82, 2.24) is 5.32 Å². The van der Waals surface area contributed by atoms with E-state index in [1.165, 1.54) is 29.7 Å². The topological polar surface area (TPSA) is 89.3 Å². The van der Waals surface area contributed by atoms with E-state index in [2.05, 4.69) is 5.32 Å². The van der Waals surface area contributed by atoms with Crippen LogP contribution in [0.5, 0.6) is 0 Å². The quantitative estimate of drug-likeness (QED) is 0.636. The van der Waals surface area contributed by atoms with Gasteiger partial charge in [-0.15, -0.1) is 11.3 Å². The predicted octanol–water partition coefficient (Wildman–Crippen LogP) is 1.43. The first-order valence-corrected chi connectivity index (χ1v) is 9.39. The van der Waals surface area contributed by atoms with Gasteiger partial charge in [0, 0.05) is 11.4 Å². The molecule has 0 unspecified atom stereocenters. The molecule has 1 aromatic heterocycles. The molecule has 1 amide bonds. The van der Waals surface area contributed by atoms with Gasteiger partial charge in [-0.25, -0.2) is 13.6 Å². The van der Waals surface area contributed by atoms with Gasteiger partial charge in [-0.3, -0.25) is 4.79 Å². The number of carbonyl (C=O) groups excluding carboxylic acids is 1. The fourth-order valence-corrected chi connectivity index (χ4v) is 4.06. The number of hydrogen-bond acceptors (Lipinski definition) is 4. The highest BCUT2D eigenvalue weighted by atomic mass is 32.2. The van der Waals surface area contributed by atoms with Crippen LogP contribution in [0.1, 0.15) is 45.8 Å². The Balaban J connectivity index is 1.87. The van der Waals surface area contributed by atoms with Crippen LogP contribution in [-0.2, 0) is 22.9 Å². The van der Waals surface area contributed by atoms with E-state index >= 15 is 0 Å². The van der Waals surface area contributed by atoms with Crippen LogP contribution < -0.4 is 10.5 Å². The number of sulfonamides is 1. The fraction of sp³-hybridized carbons (Fsp3) is 0.615. The number of nitrogens with two attached hydrogens (primary N) is 1.